The predicted molar refractivity (Wildman–Crippen MR) is 84.6 cm³/mol. The second-order valence-corrected chi connectivity index (χ2v) is 6.88. The number of hydrogen-bond acceptors (Lipinski definition) is 4. The number of piperidine rings is 1. The molecular weight excluding hydrogens is 296 g/mol. The van der Waals surface area contributed by atoms with Crippen molar-refractivity contribution in [3.63, 3.8) is 0 Å². The minimum atomic E-state index is -0.551. The van der Waals surface area contributed by atoms with E-state index in [1.54, 1.807) is 4.90 Å². The Bertz CT molecular complexity index is 498. The van der Waals surface area contributed by atoms with Gasteiger partial charge in [-0.25, -0.2) is 0 Å². The van der Waals surface area contributed by atoms with Crippen molar-refractivity contribution in [2.75, 3.05) is 33.2 Å². The van der Waals surface area contributed by atoms with Crippen molar-refractivity contribution < 1.29 is 14.4 Å². The Morgan fingerprint density at radius 2 is 1.70 bits per heavy atom. The first kappa shape index (κ1) is 16.2. The van der Waals surface area contributed by atoms with Gasteiger partial charge >= 0.3 is 11.8 Å². The fraction of sp³-hybridized carbons (Fsp3) is 0.812. The van der Waals surface area contributed by atoms with Gasteiger partial charge in [0.05, 0.1) is 0 Å². The monoisotopic (exact) mass is 322 g/mol. The van der Waals surface area contributed by atoms with Crippen LogP contribution in [-0.2, 0) is 14.4 Å². The van der Waals surface area contributed by atoms with Gasteiger partial charge in [0.2, 0.25) is 5.91 Å². The third-order valence-electron chi connectivity index (χ3n) is 5.49. The summed E-state index contributed by atoms with van der Waals surface area (Å²) in [4.78, 5) is 41.3. The van der Waals surface area contributed by atoms with E-state index in [2.05, 4.69) is 5.32 Å². The molecule has 2 unspecified atom stereocenters. The Labute approximate surface area is 137 Å². The molecular formula is C16H26N4O3. The number of fused-ring (bicyclic) bond motifs is 2. The van der Waals surface area contributed by atoms with Crippen LogP contribution in [-0.4, -0.2) is 83.8 Å². The summed E-state index contributed by atoms with van der Waals surface area (Å²) in [5.41, 5.74) is 0. The van der Waals surface area contributed by atoms with Crippen molar-refractivity contribution >= 4 is 17.7 Å². The Hall–Kier alpha value is -1.63. The minimum absolute atomic E-state index is 0.0118. The Kier molecular flexibility index (Phi) is 4.57. The number of carbonyl (C=O) groups is 3. The number of rotatable bonds is 4. The Morgan fingerprint density at radius 3 is 2.30 bits per heavy atom. The zero-order valence-corrected chi connectivity index (χ0v) is 14.0. The number of carbonyl (C=O) groups excluding carboxylic acids is 3. The van der Waals surface area contributed by atoms with Crippen LogP contribution in [0.2, 0.25) is 0 Å². The van der Waals surface area contributed by atoms with Crippen molar-refractivity contribution in [1.82, 2.24) is 20.0 Å². The molecule has 0 spiro atoms. The van der Waals surface area contributed by atoms with Gasteiger partial charge in [-0.05, 0) is 32.6 Å². The molecule has 3 heterocycles. The summed E-state index contributed by atoms with van der Waals surface area (Å²) in [6.07, 6.45) is 4.34. The first-order chi connectivity index (χ1) is 11.0. The molecule has 2 atom stereocenters. The molecule has 0 radical (unpaired) electrons. The van der Waals surface area contributed by atoms with E-state index in [0.717, 1.165) is 12.8 Å². The van der Waals surface area contributed by atoms with Crippen LogP contribution in [0.25, 0.3) is 0 Å². The predicted octanol–water partition coefficient (Wildman–Crippen LogP) is -0.581. The molecule has 7 heteroatoms. The molecule has 0 aromatic carbocycles. The van der Waals surface area contributed by atoms with Crippen LogP contribution in [0, 0.1) is 0 Å². The summed E-state index contributed by atoms with van der Waals surface area (Å²) in [5, 5.41) is 3.57. The molecule has 128 valence electrons. The molecule has 0 saturated carbocycles. The van der Waals surface area contributed by atoms with E-state index in [0.29, 0.717) is 31.7 Å². The summed E-state index contributed by atoms with van der Waals surface area (Å²) in [6, 6.07) is 1.28. The van der Waals surface area contributed by atoms with Crippen molar-refractivity contribution in [1.29, 1.82) is 0 Å². The van der Waals surface area contributed by atoms with E-state index in [4.69, 9.17) is 0 Å². The quantitative estimate of drug-likeness (QED) is 0.703. The Balaban J connectivity index is 1.56. The second-order valence-electron chi connectivity index (χ2n) is 6.88. The van der Waals surface area contributed by atoms with E-state index in [1.807, 2.05) is 14.0 Å². The van der Waals surface area contributed by atoms with Crippen molar-refractivity contribution in [3.05, 3.63) is 0 Å². The lowest BCUT2D eigenvalue weighted by Crippen LogP contribution is -2.57. The third-order valence-corrected chi connectivity index (χ3v) is 5.49. The summed E-state index contributed by atoms with van der Waals surface area (Å²) in [7, 11) is 1.83. The molecule has 3 aliphatic rings. The highest BCUT2D eigenvalue weighted by Crippen LogP contribution is 2.29. The highest BCUT2D eigenvalue weighted by Gasteiger charge is 2.38. The second kappa shape index (κ2) is 6.47. The van der Waals surface area contributed by atoms with Crippen LogP contribution >= 0.6 is 0 Å². The van der Waals surface area contributed by atoms with Gasteiger partial charge in [0, 0.05) is 44.8 Å². The smallest absolute Gasteiger partial charge is 0.312 e. The van der Waals surface area contributed by atoms with Gasteiger partial charge in [0.25, 0.3) is 0 Å². The maximum absolute atomic E-state index is 12.5. The van der Waals surface area contributed by atoms with Crippen LogP contribution in [0.15, 0.2) is 0 Å². The van der Waals surface area contributed by atoms with E-state index < -0.39 is 11.8 Å². The SMILES string of the molecule is CCN1CCN(CC(=O)N(C)C2CC3CCC(C2)N3)C(=O)C1=O. The average Bonchev–Trinajstić information content (AvgIpc) is 2.89. The summed E-state index contributed by atoms with van der Waals surface area (Å²) < 4.78 is 0. The van der Waals surface area contributed by atoms with Gasteiger partial charge in [0.15, 0.2) is 0 Å². The standard InChI is InChI=1S/C16H26N4O3/c1-3-19-6-7-20(16(23)15(19)22)10-14(21)18(2)13-8-11-4-5-12(9-13)17-11/h11-13,17H,3-10H2,1-2H3. The fourth-order valence-electron chi connectivity index (χ4n) is 3.99. The molecule has 3 amide bonds. The molecule has 3 aliphatic heterocycles. The number of nitrogens with zero attached hydrogens (tertiary/aromatic N) is 3. The van der Waals surface area contributed by atoms with Crippen LogP contribution < -0.4 is 5.32 Å². The van der Waals surface area contributed by atoms with Crippen molar-refractivity contribution in [2.24, 2.45) is 0 Å². The first-order valence-electron chi connectivity index (χ1n) is 8.59. The minimum Gasteiger partial charge on any atom is -0.341 e. The summed E-state index contributed by atoms with van der Waals surface area (Å²) >= 11 is 0. The first-order valence-corrected chi connectivity index (χ1v) is 8.59. The molecule has 3 saturated heterocycles. The van der Waals surface area contributed by atoms with Gasteiger partial charge < -0.3 is 20.0 Å². The van der Waals surface area contributed by atoms with E-state index in [1.165, 1.54) is 22.6 Å². The van der Waals surface area contributed by atoms with Gasteiger partial charge in [-0.15, -0.1) is 0 Å². The molecule has 0 aromatic heterocycles. The van der Waals surface area contributed by atoms with Crippen LogP contribution in [0.5, 0.6) is 0 Å². The number of amides is 3. The van der Waals surface area contributed by atoms with E-state index >= 15 is 0 Å². The zero-order valence-electron chi connectivity index (χ0n) is 14.0. The lowest BCUT2D eigenvalue weighted by Gasteiger charge is -2.37. The maximum Gasteiger partial charge on any atom is 0.312 e. The lowest BCUT2D eigenvalue weighted by atomic mass is 9.98. The fourth-order valence-corrected chi connectivity index (χ4v) is 3.99. The van der Waals surface area contributed by atoms with Crippen LogP contribution in [0.3, 0.4) is 0 Å². The molecule has 23 heavy (non-hydrogen) atoms. The van der Waals surface area contributed by atoms with Crippen molar-refractivity contribution in [2.45, 2.75) is 50.7 Å². The lowest BCUT2D eigenvalue weighted by molar-refractivity contribution is -0.157. The number of piperazine rings is 1. The third kappa shape index (κ3) is 3.20. The number of nitrogens with one attached hydrogen (secondary N) is 1. The van der Waals surface area contributed by atoms with Gasteiger partial charge in [-0.2, -0.15) is 0 Å². The highest BCUT2D eigenvalue weighted by atomic mass is 16.2. The van der Waals surface area contributed by atoms with Crippen molar-refractivity contribution in [3.8, 4) is 0 Å². The van der Waals surface area contributed by atoms with Gasteiger partial charge in [0.1, 0.15) is 6.54 Å². The summed E-state index contributed by atoms with van der Waals surface area (Å²) in [5.74, 6) is -1.11. The average molecular weight is 322 g/mol. The molecule has 3 rings (SSSR count). The number of likely N-dealkylation sites (N-methyl/N-ethyl adjacent to an activating group) is 2. The van der Waals surface area contributed by atoms with E-state index in [9.17, 15) is 14.4 Å². The topological polar surface area (TPSA) is 73.0 Å². The maximum atomic E-state index is 12.5. The number of hydrogen-bond donors (Lipinski definition) is 1. The van der Waals surface area contributed by atoms with Gasteiger partial charge in [-0.1, -0.05) is 0 Å². The molecule has 0 aromatic rings. The van der Waals surface area contributed by atoms with Gasteiger partial charge in [-0.3, -0.25) is 14.4 Å². The normalized spacial score (nSPS) is 30.8. The zero-order chi connectivity index (χ0) is 16.6. The Morgan fingerprint density at radius 1 is 1.13 bits per heavy atom. The molecule has 0 aliphatic carbocycles. The molecule has 1 N–H and O–H groups in total. The molecule has 2 bridgehead atoms. The molecule has 3 fully saturated rings. The van der Waals surface area contributed by atoms with E-state index in [-0.39, 0.29) is 18.5 Å². The molecule has 7 nitrogen and oxygen atoms in total. The van der Waals surface area contributed by atoms with Crippen LogP contribution in [0.4, 0.5) is 0 Å². The summed E-state index contributed by atoms with van der Waals surface area (Å²) in [6.45, 7) is 3.35. The highest BCUT2D eigenvalue weighted by molar-refractivity contribution is 6.35. The largest absolute Gasteiger partial charge is 0.341 e. The van der Waals surface area contributed by atoms with Crippen LogP contribution in [0.1, 0.15) is 32.6 Å².